The molecule has 0 bridgehead atoms. The normalized spacial score (nSPS) is 23.3. The highest BCUT2D eigenvalue weighted by molar-refractivity contribution is 5.98. The van der Waals surface area contributed by atoms with Crippen molar-refractivity contribution in [2.75, 3.05) is 11.9 Å². The summed E-state index contributed by atoms with van der Waals surface area (Å²) in [4.78, 5) is 39.1. The molecule has 4 rings (SSSR count). The minimum Gasteiger partial charge on any atom is -0.342 e. The molecular weight excluding hydrogens is 375 g/mol. The van der Waals surface area contributed by atoms with E-state index in [1.807, 2.05) is 30.3 Å². The molecule has 29 heavy (non-hydrogen) atoms. The SMILES string of the molecule is O=C(Nc1ccccc1F)N[C@H]1C[C@H]2C(=O)N[C@@H](Cc3ccccc3)C(=O)N2C1. The number of amides is 4. The molecule has 0 aliphatic carbocycles. The molecule has 150 valence electrons. The predicted molar refractivity (Wildman–Crippen MR) is 105 cm³/mol. The van der Waals surface area contributed by atoms with Gasteiger partial charge in [0.15, 0.2) is 0 Å². The van der Waals surface area contributed by atoms with E-state index in [9.17, 15) is 18.8 Å². The van der Waals surface area contributed by atoms with E-state index in [4.69, 9.17) is 0 Å². The first-order chi connectivity index (χ1) is 14.0. The Hall–Kier alpha value is -3.42. The summed E-state index contributed by atoms with van der Waals surface area (Å²) in [7, 11) is 0. The van der Waals surface area contributed by atoms with Crippen LogP contribution < -0.4 is 16.0 Å². The van der Waals surface area contributed by atoms with Gasteiger partial charge in [-0.3, -0.25) is 9.59 Å². The van der Waals surface area contributed by atoms with Gasteiger partial charge in [0.1, 0.15) is 17.9 Å². The average Bonchev–Trinajstić information content (AvgIpc) is 3.13. The van der Waals surface area contributed by atoms with E-state index in [2.05, 4.69) is 16.0 Å². The highest BCUT2D eigenvalue weighted by atomic mass is 19.1. The molecule has 2 saturated heterocycles. The highest BCUT2D eigenvalue weighted by Crippen LogP contribution is 2.24. The average molecular weight is 396 g/mol. The molecule has 4 amide bonds. The third-order valence-corrected chi connectivity index (χ3v) is 5.24. The summed E-state index contributed by atoms with van der Waals surface area (Å²) in [5, 5.41) is 7.98. The van der Waals surface area contributed by atoms with Crippen molar-refractivity contribution in [1.29, 1.82) is 0 Å². The van der Waals surface area contributed by atoms with E-state index in [1.165, 1.54) is 23.1 Å². The Morgan fingerprint density at radius 1 is 1.10 bits per heavy atom. The molecule has 0 unspecified atom stereocenters. The number of hydrogen-bond acceptors (Lipinski definition) is 3. The first-order valence-electron chi connectivity index (χ1n) is 9.48. The second kappa shape index (κ2) is 7.90. The van der Waals surface area contributed by atoms with Crippen molar-refractivity contribution in [3.05, 3.63) is 66.0 Å². The molecule has 2 aromatic carbocycles. The summed E-state index contributed by atoms with van der Waals surface area (Å²) in [5.41, 5.74) is 1.03. The number of benzene rings is 2. The zero-order valence-electron chi connectivity index (χ0n) is 15.6. The van der Waals surface area contributed by atoms with Crippen molar-refractivity contribution in [2.24, 2.45) is 0 Å². The number of urea groups is 1. The van der Waals surface area contributed by atoms with Crippen LogP contribution in [0.15, 0.2) is 54.6 Å². The monoisotopic (exact) mass is 396 g/mol. The Labute approximate surface area is 167 Å². The van der Waals surface area contributed by atoms with Gasteiger partial charge in [-0.1, -0.05) is 42.5 Å². The Morgan fingerprint density at radius 2 is 1.83 bits per heavy atom. The summed E-state index contributed by atoms with van der Waals surface area (Å²) in [6.45, 7) is 0.243. The first kappa shape index (κ1) is 18.9. The van der Waals surface area contributed by atoms with Crippen molar-refractivity contribution in [3.63, 3.8) is 0 Å². The fraction of sp³-hybridized carbons (Fsp3) is 0.286. The van der Waals surface area contributed by atoms with Crippen LogP contribution in [0.2, 0.25) is 0 Å². The largest absolute Gasteiger partial charge is 0.342 e. The molecular formula is C21H21FN4O3. The molecule has 2 aliphatic rings. The summed E-state index contributed by atoms with van der Waals surface area (Å²) in [6.07, 6.45) is 0.737. The van der Waals surface area contributed by atoms with Crippen LogP contribution in [0.5, 0.6) is 0 Å². The quantitative estimate of drug-likeness (QED) is 0.734. The smallest absolute Gasteiger partial charge is 0.319 e. The number of hydrogen-bond donors (Lipinski definition) is 3. The Kier molecular flexibility index (Phi) is 5.16. The van der Waals surface area contributed by atoms with Gasteiger partial charge in [-0.05, 0) is 24.1 Å². The van der Waals surface area contributed by atoms with Gasteiger partial charge in [0.2, 0.25) is 11.8 Å². The Bertz CT molecular complexity index is 937. The van der Waals surface area contributed by atoms with E-state index in [0.717, 1.165) is 5.56 Å². The predicted octanol–water partition coefficient (Wildman–Crippen LogP) is 1.66. The van der Waals surface area contributed by atoms with Gasteiger partial charge in [0, 0.05) is 13.0 Å². The molecule has 2 aromatic rings. The molecule has 3 N–H and O–H groups in total. The number of halogens is 1. The number of nitrogens with zero attached hydrogens (tertiary/aromatic N) is 1. The summed E-state index contributed by atoms with van der Waals surface area (Å²) in [5.74, 6) is -0.911. The lowest BCUT2D eigenvalue weighted by Gasteiger charge is -2.34. The lowest BCUT2D eigenvalue weighted by Crippen LogP contribution is -2.61. The van der Waals surface area contributed by atoms with Crippen LogP contribution in [0.4, 0.5) is 14.9 Å². The number of para-hydroxylation sites is 1. The number of carbonyl (C=O) groups is 3. The van der Waals surface area contributed by atoms with Crippen molar-refractivity contribution >= 4 is 23.5 Å². The minimum absolute atomic E-state index is 0.0671. The topological polar surface area (TPSA) is 90.5 Å². The van der Waals surface area contributed by atoms with Gasteiger partial charge in [0.25, 0.3) is 0 Å². The summed E-state index contributed by atoms with van der Waals surface area (Å²) >= 11 is 0. The standard InChI is InChI=1S/C21H21FN4O3/c22-15-8-4-5-9-16(15)25-21(29)23-14-11-18-19(27)24-17(20(28)26(18)12-14)10-13-6-2-1-3-7-13/h1-9,14,17-18H,10-12H2,(H,24,27)(H2,23,25,29)/t14-,17-,18-/m0/s1. The first-order valence-corrected chi connectivity index (χ1v) is 9.48. The van der Waals surface area contributed by atoms with E-state index in [-0.39, 0.29) is 24.0 Å². The number of anilines is 1. The van der Waals surface area contributed by atoms with Crippen LogP contribution in [0.25, 0.3) is 0 Å². The number of carbonyl (C=O) groups excluding carboxylic acids is 3. The Morgan fingerprint density at radius 3 is 2.59 bits per heavy atom. The molecule has 0 radical (unpaired) electrons. The van der Waals surface area contributed by atoms with Crippen molar-refractivity contribution in [3.8, 4) is 0 Å². The third kappa shape index (κ3) is 4.06. The number of piperazine rings is 1. The van der Waals surface area contributed by atoms with Crippen LogP contribution in [-0.4, -0.2) is 47.4 Å². The summed E-state index contributed by atoms with van der Waals surface area (Å²) < 4.78 is 13.7. The second-order valence-electron chi connectivity index (χ2n) is 7.27. The van der Waals surface area contributed by atoms with Gasteiger partial charge in [-0.15, -0.1) is 0 Å². The molecule has 2 aliphatic heterocycles. The van der Waals surface area contributed by atoms with E-state index >= 15 is 0 Å². The molecule has 7 nitrogen and oxygen atoms in total. The van der Waals surface area contributed by atoms with Gasteiger partial charge in [-0.25, -0.2) is 9.18 Å². The third-order valence-electron chi connectivity index (χ3n) is 5.24. The van der Waals surface area contributed by atoms with Gasteiger partial charge >= 0.3 is 6.03 Å². The van der Waals surface area contributed by atoms with Gasteiger partial charge < -0.3 is 20.9 Å². The maximum absolute atomic E-state index is 13.7. The second-order valence-corrected chi connectivity index (χ2v) is 7.27. The molecule has 2 heterocycles. The molecule has 0 aromatic heterocycles. The van der Waals surface area contributed by atoms with E-state index in [1.54, 1.807) is 6.07 Å². The van der Waals surface area contributed by atoms with Gasteiger partial charge in [-0.2, -0.15) is 0 Å². The zero-order chi connectivity index (χ0) is 20.4. The van der Waals surface area contributed by atoms with Gasteiger partial charge in [0.05, 0.1) is 11.7 Å². The lowest BCUT2D eigenvalue weighted by molar-refractivity contribution is -0.147. The molecule has 0 saturated carbocycles. The molecule has 0 spiro atoms. The fourth-order valence-corrected chi connectivity index (χ4v) is 3.86. The van der Waals surface area contributed by atoms with Crippen molar-refractivity contribution < 1.29 is 18.8 Å². The van der Waals surface area contributed by atoms with Crippen molar-refractivity contribution in [1.82, 2.24) is 15.5 Å². The number of fused-ring (bicyclic) bond motifs is 1. The minimum atomic E-state index is -0.618. The Balaban J connectivity index is 1.38. The van der Waals surface area contributed by atoms with Crippen molar-refractivity contribution in [2.45, 2.75) is 31.0 Å². The summed E-state index contributed by atoms with van der Waals surface area (Å²) in [6, 6.07) is 13.1. The van der Waals surface area contributed by atoms with Crippen LogP contribution in [-0.2, 0) is 16.0 Å². The van der Waals surface area contributed by atoms with Crippen LogP contribution in [0, 0.1) is 5.82 Å². The van der Waals surface area contributed by atoms with E-state index in [0.29, 0.717) is 12.8 Å². The van der Waals surface area contributed by atoms with E-state index < -0.39 is 30.0 Å². The highest BCUT2D eigenvalue weighted by Gasteiger charge is 2.46. The molecule has 3 atom stereocenters. The maximum atomic E-state index is 13.7. The fourth-order valence-electron chi connectivity index (χ4n) is 3.86. The van der Waals surface area contributed by atoms with Crippen LogP contribution >= 0.6 is 0 Å². The van der Waals surface area contributed by atoms with Crippen LogP contribution in [0.3, 0.4) is 0 Å². The molecule has 2 fully saturated rings. The van der Waals surface area contributed by atoms with Crippen LogP contribution in [0.1, 0.15) is 12.0 Å². The number of nitrogens with one attached hydrogen (secondary N) is 3. The lowest BCUT2D eigenvalue weighted by atomic mass is 10.0. The molecule has 8 heteroatoms. The maximum Gasteiger partial charge on any atom is 0.319 e. The number of rotatable bonds is 4. The zero-order valence-corrected chi connectivity index (χ0v) is 15.6.